The minimum Gasteiger partial charge on any atom is -0.325 e. The van der Waals surface area contributed by atoms with E-state index >= 15 is 0 Å². The van der Waals surface area contributed by atoms with Crippen molar-refractivity contribution in [3.05, 3.63) is 62.5 Å². The number of rotatable bonds is 3. The minimum atomic E-state index is -0.257. The first-order valence-electron chi connectivity index (χ1n) is 7.36. The standard InChI is InChI=1S/C17H17Br2N3O/c1-10-8-13(6-7-14(10)19)20-17(23)16-9-15(21-22-16)11-2-4-12(18)5-3-11/h2-8,15-16,21-22H,9H2,1H3,(H,20,23). The van der Waals surface area contributed by atoms with Gasteiger partial charge >= 0.3 is 0 Å². The number of aryl methyl sites for hydroxylation is 1. The van der Waals surface area contributed by atoms with Crippen LogP contribution < -0.4 is 16.2 Å². The number of hydrogen-bond donors (Lipinski definition) is 3. The van der Waals surface area contributed by atoms with Gasteiger partial charge in [-0.2, -0.15) is 0 Å². The molecule has 0 saturated carbocycles. The lowest BCUT2D eigenvalue weighted by Crippen LogP contribution is -2.39. The number of benzene rings is 2. The van der Waals surface area contributed by atoms with Crippen molar-refractivity contribution in [3.63, 3.8) is 0 Å². The largest absolute Gasteiger partial charge is 0.325 e. The summed E-state index contributed by atoms with van der Waals surface area (Å²) < 4.78 is 2.08. The third kappa shape index (κ3) is 4.01. The van der Waals surface area contributed by atoms with E-state index in [0.717, 1.165) is 25.8 Å². The maximum atomic E-state index is 12.4. The number of hydrazine groups is 1. The molecule has 1 aliphatic heterocycles. The highest BCUT2D eigenvalue weighted by Crippen LogP contribution is 2.25. The van der Waals surface area contributed by atoms with Gasteiger partial charge in [0.2, 0.25) is 5.91 Å². The average Bonchev–Trinajstić information content (AvgIpc) is 3.02. The van der Waals surface area contributed by atoms with E-state index in [9.17, 15) is 4.79 Å². The van der Waals surface area contributed by atoms with E-state index in [1.165, 1.54) is 0 Å². The Morgan fingerprint density at radius 2 is 1.87 bits per heavy atom. The lowest BCUT2D eigenvalue weighted by Gasteiger charge is -2.12. The highest BCUT2D eigenvalue weighted by molar-refractivity contribution is 9.10. The van der Waals surface area contributed by atoms with Crippen LogP contribution in [-0.2, 0) is 4.79 Å². The molecule has 1 fully saturated rings. The van der Waals surface area contributed by atoms with Gasteiger partial charge in [-0.05, 0) is 54.8 Å². The SMILES string of the molecule is Cc1cc(NC(=O)C2CC(c3ccc(Br)cc3)NN2)ccc1Br. The molecule has 0 radical (unpaired) electrons. The van der Waals surface area contributed by atoms with Gasteiger partial charge in [0.25, 0.3) is 0 Å². The molecule has 2 unspecified atom stereocenters. The normalized spacial score (nSPS) is 20.5. The number of halogens is 2. The summed E-state index contributed by atoms with van der Waals surface area (Å²) in [6.45, 7) is 2.00. The van der Waals surface area contributed by atoms with Gasteiger partial charge in [0, 0.05) is 20.7 Å². The van der Waals surface area contributed by atoms with Crippen molar-refractivity contribution in [2.45, 2.75) is 25.4 Å². The monoisotopic (exact) mass is 437 g/mol. The Balaban J connectivity index is 1.63. The number of amides is 1. The second-order valence-electron chi connectivity index (χ2n) is 5.63. The van der Waals surface area contributed by atoms with Crippen LogP contribution >= 0.6 is 31.9 Å². The Kier molecular flexibility index (Phi) is 5.16. The number of anilines is 1. The molecule has 3 N–H and O–H groups in total. The molecule has 0 bridgehead atoms. The molecule has 2 atom stereocenters. The zero-order chi connectivity index (χ0) is 16.4. The number of hydrogen-bond acceptors (Lipinski definition) is 3. The van der Waals surface area contributed by atoms with Gasteiger partial charge in [0.15, 0.2) is 0 Å². The van der Waals surface area contributed by atoms with E-state index in [1.54, 1.807) is 0 Å². The fraction of sp³-hybridized carbons (Fsp3) is 0.235. The lowest BCUT2D eigenvalue weighted by molar-refractivity contribution is -0.117. The third-order valence-corrected chi connectivity index (χ3v) is 5.34. The van der Waals surface area contributed by atoms with Crippen LogP contribution in [0.4, 0.5) is 5.69 Å². The topological polar surface area (TPSA) is 53.2 Å². The van der Waals surface area contributed by atoms with Crippen molar-refractivity contribution < 1.29 is 4.79 Å². The summed E-state index contributed by atoms with van der Waals surface area (Å²) >= 11 is 6.90. The van der Waals surface area contributed by atoms with E-state index in [2.05, 4.69) is 60.2 Å². The molecule has 6 heteroatoms. The molecule has 1 saturated heterocycles. The number of carbonyl (C=O) groups is 1. The molecular weight excluding hydrogens is 422 g/mol. The molecular formula is C17H17Br2N3O. The Morgan fingerprint density at radius 1 is 1.13 bits per heavy atom. The highest BCUT2D eigenvalue weighted by atomic mass is 79.9. The molecule has 120 valence electrons. The van der Waals surface area contributed by atoms with Gasteiger partial charge in [-0.1, -0.05) is 44.0 Å². The second kappa shape index (κ2) is 7.13. The van der Waals surface area contributed by atoms with Gasteiger partial charge < -0.3 is 5.32 Å². The van der Waals surface area contributed by atoms with Crippen molar-refractivity contribution >= 4 is 43.5 Å². The van der Waals surface area contributed by atoms with Crippen molar-refractivity contribution in [3.8, 4) is 0 Å². The van der Waals surface area contributed by atoms with Gasteiger partial charge in [-0.25, -0.2) is 10.9 Å². The summed E-state index contributed by atoms with van der Waals surface area (Å²) in [5.41, 5.74) is 9.34. The van der Waals surface area contributed by atoms with Gasteiger partial charge in [-0.15, -0.1) is 0 Å². The molecule has 2 aromatic carbocycles. The van der Waals surface area contributed by atoms with Crippen molar-refractivity contribution in [1.29, 1.82) is 0 Å². The molecule has 0 spiro atoms. The molecule has 2 aromatic rings. The zero-order valence-corrected chi connectivity index (χ0v) is 15.7. The van der Waals surface area contributed by atoms with Crippen molar-refractivity contribution in [2.75, 3.05) is 5.32 Å². The van der Waals surface area contributed by atoms with Crippen LogP contribution in [0.15, 0.2) is 51.4 Å². The maximum absolute atomic E-state index is 12.4. The fourth-order valence-corrected chi connectivity index (χ4v) is 3.10. The molecule has 23 heavy (non-hydrogen) atoms. The molecule has 4 nitrogen and oxygen atoms in total. The molecule has 0 aromatic heterocycles. The first kappa shape index (κ1) is 16.6. The Labute approximate surface area is 152 Å². The summed E-state index contributed by atoms with van der Waals surface area (Å²) in [6, 6.07) is 13.8. The van der Waals surface area contributed by atoms with Crippen LogP contribution in [0.25, 0.3) is 0 Å². The summed E-state index contributed by atoms with van der Waals surface area (Å²) in [4.78, 5) is 12.4. The van der Waals surface area contributed by atoms with Crippen LogP contribution in [-0.4, -0.2) is 11.9 Å². The Bertz CT molecular complexity index is 718. The van der Waals surface area contributed by atoms with Crippen LogP contribution in [0.5, 0.6) is 0 Å². The average molecular weight is 439 g/mol. The van der Waals surface area contributed by atoms with Gasteiger partial charge in [0.1, 0.15) is 6.04 Å². The molecule has 1 aliphatic rings. The van der Waals surface area contributed by atoms with E-state index in [-0.39, 0.29) is 18.0 Å². The zero-order valence-electron chi connectivity index (χ0n) is 12.6. The fourth-order valence-electron chi connectivity index (χ4n) is 2.59. The smallest absolute Gasteiger partial charge is 0.242 e. The number of carbonyl (C=O) groups excluding carboxylic acids is 1. The summed E-state index contributed by atoms with van der Waals surface area (Å²) in [5.74, 6) is -0.0289. The van der Waals surface area contributed by atoms with Crippen LogP contribution in [0.2, 0.25) is 0 Å². The van der Waals surface area contributed by atoms with Crippen molar-refractivity contribution in [2.24, 2.45) is 0 Å². The number of nitrogens with one attached hydrogen (secondary N) is 3. The Morgan fingerprint density at radius 3 is 2.57 bits per heavy atom. The molecule has 1 heterocycles. The highest BCUT2D eigenvalue weighted by Gasteiger charge is 2.30. The predicted octanol–water partition coefficient (Wildman–Crippen LogP) is 4.07. The van der Waals surface area contributed by atoms with Crippen LogP contribution in [0.3, 0.4) is 0 Å². The van der Waals surface area contributed by atoms with Gasteiger partial charge in [0.05, 0.1) is 0 Å². The second-order valence-corrected chi connectivity index (χ2v) is 7.40. The lowest BCUT2D eigenvalue weighted by atomic mass is 10.0. The first-order valence-corrected chi connectivity index (χ1v) is 8.95. The summed E-state index contributed by atoms with van der Waals surface area (Å²) in [5, 5.41) is 2.96. The van der Waals surface area contributed by atoms with Crippen LogP contribution in [0, 0.1) is 6.92 Å². The molecule has 0 aliphatic carbocycles. The third-order valence-electron chi connectivity index (χ3n) is 3.92. The molecule has 1 amide bonds. The van der Waals surface area contributed by atoms with E-state index in [1.807, 2.05) is 37.3 Å². The minimum absolute atomic E-state index is 0.0289. The predicted molar refractivity (Wildman–Crippen MR) is 99.1 cm³/mol. The van der Waals surface area contributed by atoms with Crippen molar-refractivity contribution in [1.82, 2.24) is 10.9 Å². The van der Waals surface area contributed by atoms with Crippen LogP contribution in [0.1, 0.15) is 23.6 Å². The quantitative estimate of drug-likeness (QED) is 0.677. The first-order chi connectivity index (χ1) is 11.0. The maximum Gasteiger partial charge on any atom is 0.242 e. The van der Waals surface area contributed by atoms with Gasteiger partial charge in [-0.3, -0.25) is 4.79 Å². The summed E-state index contributed by atoms with van der Waals surface area (Å²) in [7, 11) is 0. The van der Waals surface area contributed by atoms with E-state index in [0.29, 0.717) is 6.42 Å². The summed E-state index contributed by atoms with van der Waals surface area (Å²) in [6.07, 6.45) is 0.711. The molecule has 3 rings (SSSR count). The van der Waals surface area contributed by atoms with E-state index in [4.69, 9.17) is 0 Å². The Hall–Kier alpha value is -1.21. The van der Waals surface area contributed by atoms with E-state index < -0.39 is 0 Å².